The van der Waals surface area contributed by atoms with Gasteiger partial charge < -0.3 is 4.74 Å². The van der Waals surface area contributed by atoms with Crippen LogP contribution in [0.5, 0.6) is 0 Å². The summed E-state index contributed by atoms with van der Waals surface area (Å²) in [7, 11) is -2.81. The van der Waals surface area contributed by atoms with E-state index in [1.807, 2.05) is 13.8 Å². The first-order valence-corrected chi connectivity index (χ1v) is 7.27. The van der Waals surface area contributed by atoms with Gasteiger partial charge in [0.1, 0.15) is 0 Å². The smallest absolute Gasteiger partial charge is 0.421 e. The maximum Gasteiger partial charge on any atom is 0.421 e. The molecule has 0 fully saturated rings. The van der Waals surface area contributed by atoms with E-state index in [9.17, 15) is 13.2 Å². The van der Waals surface area contributed by atoms with E-state index in [1.54, 1.807) is 4.72 Å². The minimum Gasteiger partial charge on any atom is -0.452 e. The van der Waals surface area contributed by atoms with Crippen molar-refractivity contribution in [3.8, 4) is 0 Å². The van der Waals surface area contributed by atoms with Crippen LogP contribution >= 0.6 is 11.6 Å². The van der Waals surface area contributed by atoms with Crippen molar-refractivity contribution in [2.75, 3.05) is 13.7 Å². The van der Waals surface area contributed by atoms with Gasteiger partial charge >= 0.3 is 16.3 Å². The summed E-state index contributed by atoms with van der Waals surface area (Å²) in [5.41, 5.74) is 0. The Balaban J connectivity index is 4.22. The fourth-order valence-corrected chi connectivity index (χ4v) is 2.64. The number of hydrogen-bond donors (Lipinski definition) is 2. The molecule has 0 aliphatic carbocycles. The van der Waals surface area contributed by atoms with E-state index in [4.69, 9.17) is 11.6 Å². The van der Waals surface area contributed by atoms with Crippen molar-refractivity contribution in [1.29, 1.82) is 0 Å². The lowest BCUT2D eigenvalue weighted by Gasteiger charge is -2.19. The minimum absolute atomic E-state index is 0.0697. The van der Waals surface area contributed by atoms with Crippen LogP contribution in [0.4, 0.5) is 4.79 Å². The van der Waals surface area contributed by atoms with Crippen LogP contribution in [0.2, 0.25) is 0 Å². The third-order valence-electron chi connectivity index (χ3n) is 2.43. The Morgan fingerprint density at radius 3 is 2.29 bits per heavy atom. The molecule has 0 heterocycles. The number of ether oxygens (including phenoxy) is 1. The van der Waals surface area contributed by atoms with Crippen molar-refractivity contribution < 1.29 is 17.9 Å². The standard InChI is InChI=1S/C9H19ClN2O4S/c1-4-7(5-2)8(10)6-11-17(14,15)12-9(13)16-3/h7-8,11H,4-6H2,1-3H3,(H,12,13). The molecule has 1 unspecified atom stereocenters. The molecule has 0 aromatic carbocycles. The summed E-state index contributed by atoms with van der Waals surface area (Å²) in [5.74, 6) is 0.234. The van der Waals surface area contributed by atoms with Crippen LogP contribution < -0.4 is 9.44 Å². The highest BCUT2D eigenvalue weighted by Gasteiger charge is 2.20. The molecule has 0 aliphatic rings. The monoisotopic (exact) mass is 286 g/mol. The number of carbonyl (C=O) groups is 1. The van der Waals surface area contributed by atoms with Crippen LogP contribution in [0, 0.1) is 5.92 Å². The van der Waals surface area contributed by atoms with E-state index >= 15 is 0 Å². The molecule has 2 N–H and O–H groups in total. The van der Waals surface area contributed by atoms with E-state index < -0.39 is 16.3 Å². The Kier molecular flexibility index (Phi) is 7.49. The van der Waals surface area contributed by atoms with Crippen molar-refractivity contribution in [2.24, 2.45) is 5.92 Å². The maximum atomic E-state index is 11.3. The molecule has 0 radical (unpaired) electrons. The molecule has 0 saturated carbocycles. The molecule has 0 saturated heterocycles. The molecule has 1 atom stereocenters. The lowest BCUT2D eigenvalue weighted by molar-refractivity contribution is 0.177. The van der Waals surface area contributed by atoms with Crippen LogP contribution in [0.25, 0.3) is 0 Å². The first-order chi connectivity index (χ1) is 7.86. The highest BCUT2D eigenvalue weighted by atomic mass is 35.5. The van der Waals surface area contributed by atoms with Gasteiger partial charge in [-0.05, 0) is 5.92 Å². The first kappa shape index (κ1) is 16.5. The van der Waals surface area contributed by atoms with Gasteiger partial charge in [0.05, 0.1) is 7.11 Å². The molecule has 0 spiro atoms. The first-order valence-electron chi connectivity index (χ1n) is 5.35. The van der Waals surface area contributed by atoms with Crippen LogP contribution in [0.15, 0.2) is 0 Å². The number of rotatable bonds is 7. The second-order valence-corrected chi connectivity index (χ2v) is 5.60. The molecule has 0 aliphatic heterocycles. The van der Waals surface area contributed by atoms with Gasteiger partial charge in [-0.1, -0.05) is 26.7 Å². The summed E-state index contributed by atoms with van der Waals surface area (Å²) in [4.78, 5) is 10.7. The number of hydrogen-bond acceptors (Lipinski definition) is 4. The SMILES string of the molecule is CCC(CC)C(Cl)CNS(=O)(=O)NC(=O)OC. The van der Waals surface area contributed by atoms with E-state index in [2.05, 4.69) is 9.46 Å². The molecule has 0 aromatic rings. The number of nitrogens with one attached hydrogen (secondary N) is 2. The van der Waals surface area contributed by atoms with E-state index in [1.165, 1.54) is 0 Å². The van der Waals surface area contributed by atoms with Crippen LogP contribution in [0.3, 0.4) is 0 Å². The Labute approximate surface area is 107 Å². The Morgan fingerprint density at radius 1 is 1.35 bits per heavy atom. The number of carbonyl (C=O) groups excluding carboxylic acids is 1. The topological polar surface area (TPSA) is 84.5 Å². The normalized spacial score (nSPS) is 13.5. The predicted molar refractivity (Wildman–Crippen MR) is 66.2 cm³/mol. The Bertz CT molecular complexity index is 330. The maximum absolute atomic E-state index is 11.3. The average Bonchev–Trinajstić information content (AvgIpc) is 2.27. The Hall–Kier alpha value is -0.530. The molecule has 17 heavy (non-hydrogen) atoms. The van der Waals surface area contributed by atoms with Crippen molar-refractivity contribution in [2.45, 2.75) is 32.1 Å². The lowest BCUT2D eigenvalue weighted by atomic mass is 9.99. The zero-order valence-corrected chi connectivity index (χ0v) is 11.8. The zero-order valence-electron chi connectivity index (χ0n) is 10.2. The molecule has 6 nitrogen and oxygen atoms in total. The molecular weight excluding hydrogens is 268 g/mol. The van der Waals surface area contributed by atoms with Gasteiger partial charge in [-0.25, -0.2) is 9.52 Å². The third-order valence-corrected chi connectivity index (χ3v) is 3.92. The van der Waals surface area contributed by atoms with Gasteiger partial charge in [0, 0.05) is 11.9 Å². The Morgan fingerprint density at radius 2 is 1.88 bits per heavy atom. The second-order valence-electron chi connectivity index (χ2n) is 3.54. The summed E-state index contributed by atoms with van der Waals surface area (Å²) >= 11 is 6.05. The number of amides is 1. The molecule has 0 bridgehead atoms. The van der Waals surface area contributed by atoms with E-state index in [0.717, 1.165) is 20.0 Å². The fourth-order valence-electron chi connectivity index (χ4n) is 1.34. The molecule has 1 amide bonds. The molecule has 0 aromatic heterocycles. The number of alkyl halides is 1. The minimum atomic E-state index is -3.90. The number of methoxy groups -OCH3 is 1. The fraction of sp³-hybridized carbons (Fsp3) is 0.889. The van der Waals surface area contributed by atoms with E-state index in [-0.39, 0.29) is 17.8 Å². The largest absolute Gasteiger partial charge is 0.452 e. The van der Waals surface area contributed by atoms with Crippen molar-refractivity contribution in [3.63, 3.8) is 0 Å². The molecular formula is C9H19ClN2O4S. The molecule has 8 heteroatoms. The van der Waals surface area contributed by atoms with Gasteiger partial charge in [0.2, 0.25) is 0 Å². The zero-order chi connectivity index (χ0) is 13.5. The van der Waals surface area contributed by atoms with Crippen molar-refractivity contribution >= 4 is 27.9 Å². The summed E-state index contributed by atoms with van der Waals surface area (Å²) in [6.45, 7) is 4.05. The van der Waals surface area contributed by atoms with Crippen LogP contribution in [0.1, 0.15) is 26.7 Å². The third kappa shape index (κ3) is 6.70. The summed E-state index contributed by atoms with van der Waals surface area (Å²) in [6.07, 6.45) is 0.708. The molecule has 0 rings (SSSR count). The van der Waals surface area contributed by atoms with Crippen LogP contribution in [-0.4, -0.2) is 33.5 Å². The summed E-state index contributed by atoms with van der Waals surface area (Å²) in [5, 5.41) is -0.306. The van der Waals surface area contributed by atoms with Gasteiger partial charge in [-0.3, -0.25) is 0 Å². The summed E-state index contributed by atoms with van der Waals surface area (Å²) in [6, 6.07) is 0. The highest BCUT2D eigenvalue weighted by Crippen LogP contribution is 2.17. The average molecular weight is 287 g/mol. The molecule has 102 valence electrons. The van der Waals surface area contributed by atoms with Gasteiger partial charge in [0.25, 0.3) is 0 Å². The summed E-state index contributed by atoms with van der Waals surface area (Å²) < 4.78 is 30.7. The van der Waals surface area contributed by atoms with Gasteiger partial charge in [-0.2, -0.15) is 13.1 Å². The van der Waals surface area contributed by atoms with Crippen LogP contribution in [-0.2, 0) is 14.9 Å². The van der Waals surface area contributed by atoms with Crippen molar-refractivity contribution in [3.05, 3.63) is 0 Å². The van der Waals surface area contributed by atoms with Gasteiger partial charge in [-0.15, -0.1) is 11.6 Å². The van der Waals surface area contributed by atoms with E-state index in [0.29, 0.717) is 0 Å². The quantitative estimate of drug-likeness (QED) is 0.689. The lowest BCUT2D eigenvalue weighted by Crippen LogP contribution is -2.43. The highest BCUT2D eigenvalue weighted by molar-refractivity contribution is 7.88. The number of halogens is 1. The van der Waals surface area contributed by atoms with Crippen molar-refractivity contribution in [1.82, 2.24) is 9.44 Å². The van der Waals surface area contributed by atoms with Gasteiger partial charge in [0.15, 0.2) is 0 Å². The predicted octanol–water partition coefficient (Wildman–Crippen LogP) is 1.22. The second kappa shape index (κ2) is 7.73.